The molecule has 0 bridgehead atoms. The number of hydrogen-bond acceptors (Lipinski definition) is 0. The Hall–Kier alpha value is 0.293. The maximum atomic E-state index is 2.28. The van der Waals surface area contributed by atoms with Crippen molar-refractivity contribution in [2.75, 3.05) is 0 Å². The van der Waals surface area contributed by atoms with Crippen molar-refractivity contribution in [2.24, 2.45) is 0 Å². The molecule has 79 valence electrons. The predicted molar refractivity (Wildman–Crippen MR) is 53.6 cm³/mol. The van der Waals surface area contributed by atoms with Crippen molar-refractivity contribution in [3.05, 3.63) is 42.0 Å². The second kappa shape index (κ2) is 7.55. The Bertz CT molecular complexity index is 393. The van der Waals surface area contributed by atoms with Crippen LogP contribution in [0, 0.1) is 0 Å². The zero-order valence-corrected chi connectivity index (χ0v) is 12.8. The number of hydrogen-bond donors (Lipinski definition) is 0. The summed E-state index contributed by atoms with van der Waals surface area (Å²) in [7, 11) is 0. The van der Waals surface area contributed by atoms with Crippen LogP contribution in [0.15, 0.2) is 36.4 Å². The van der Waals surface area contributed by atoms with E-state index in [1.54, 1.807) is 0 Å². The third-order valence-corrected chi connectivity index (χ3v) is 2.33. The number of fused-ring (bicyclic) bond motifs is 1. The van der Waals surface area contributed by atoms with E-state index in [1.807, 2.05) is 0 Å². The third kappa shape index (κ3) is 3.98. The summed E-state index contributed by atoms with van der Waals surface area (Å²) in [5.74, 6) is 0.629. The van der Waals surface area contributed by atoms with Crippen molar-refractivity contribution >= 4 is 10.8 Å². The van der Waals surface area contributed by atoms with Gasteiger partial charge in [0.1, 0.15) is 0 Å². The molecule has 0 heterocycles. The van der Waals surface area contributed by atoms with Gasteiger partial charge in [0.15, 0.2) is 0 Å². The molecule has 0 spiro atoms. The molecule has 0 N–H and O–H groups in total. The number of rotatable bonds is 1. The van der Waals surface area contributed by atoms with E-state index in [0.717, 1.165) is 0 Å². The van der Waals surface area contributed by atoms with Crippen molar-refractivity contribution in [1.29, 1.82) is 0 Å². The largest absolute Gasteiger partial charge is 3.00 e. The minimum absolute atomic E-state index is 0. The van der Waals surface area contributed by atoms with Gasteiger partial charge in [0.05, 0.1) is 0 Å². The second-order valence-corrected chi connectivity index (χ2v) is 3.57. The first-order valence-electron chi connectivity index (χ1n) is 4.43. The average molecular weight is 319 g/mol. The van der Waals surface area contributed by atoms with Crippen LogP contribution in [0.25, 0.3) is 10.8 Å². The van der Waals surface area contributed by atoms with Gasteiger partial charge in [-0.3, -0.25) is 0 Å². The maximum absolute atomic E-state index is 2.28. The predicted octanol–water partition coefficient (Wildman–Crippen LogP) is -2.31. The molecule has 0 aromatic heterocycles. The molecule has 3 heteroatoms. The summed E-state index contributed by atoms with van der Waals surface area (Å²) < 4.78 is 0. The van der Waals surface area contributed by atoms with Gasteiger partial charge in [-0.05, 0) is 5.92 Å². The van der Waals surface area contributed by atoms with Gasteiger partial charge < -0.3 is 24.8 Å². The zero-order valence-electron chi connectivity index (χ0n) is 8.80. The van der Waals surface area contributed by atoms with E-state index in [4.69, 9.17) is 0 Å². The van der Waals surface area contributed by atoms with Gasteiger partial charge >= 0.3 is 26.2 Å². The monoisotopic (exact) mass is 317 g/mol. The van der Waals surface area contributed by atoms with Crippen molar-refractivity contribution in [3.63, 3.8) is 0 Å². The summed E-state index contributed by atoms with van der Waals surface area (Å²) >= 11 is 0. The molecule has 0 atom stereocenters. The summed E-state index contributed by atoms with van der Waals surface area (Å²) in [6.45, 7) is 4.45. The Morgan fingerprint density at radius 3 is 2.33 bits per heavy atom. The second-order valence-electron chi connectivity index (χ2n) is 3.57. The van der Waals surface area contributed by atoms with Crippen molar-refractivity contribution in [1.82, 2.24) is 0 Å². The molecule has 2 aromatic carbocycles. The molecule has 0 amide bonds. The Morgan fingerprint density at radius 2 is 1.73 bits per heavy atom. The minimum Gasteiger partial charge on any atom is -1.00 e. The number of halogens is 2. The summed E-state index contributed by atoms with van der Waals surface area (Å²) in [5.41, 5.74) is 1.42. The van der Waals surface area contributed by atoms with Crippen LogP contribution in [-0.2, 0) is 26.2 Å². The van der Waals surface area contributed by atoms with E-state index < -0.39 is 0 Å². The number of benzene rings is 1. The summed E-state index contributed by atoms with van der Waals surface area (Å²) in [6.07, 6.45) is 0. The quantitative estimate of drug-likeness (QED) is 0.518. The van der Waals surface area contributed by atoms with Gasteiger partial charge in [0.25, 0.3) is 0 Å². The first-order chi connectivity index (χ1) is 5.77. The molecular weight excluding hydrogens is 306 g/mol. The standard InChI is InChI=1S/C12H13.2ClH.Zr/c1-9(2)11-7-6-10-4-3-5-12(10)8-11;;;/h3-9H,1-2H3;2*1H;/q-1;;;+3/p-2. The molecule has 15 heavy (non-hydrogen) atoms. The molecule has 2 rings (SSSR count). The van der Waals surface area contributed by atoms with Crippen LogP contribution in [0.4, 0.5) is 0 Å². The molecule has 0 fully saturated rings. The first-order valence-corrected chi connectivity index (χ1v) is 4.43. The Labute approximate surface area is 123 Å². The maximum Gasteiger partial charge on any atom is 3.00 e. The molecule has 0 saturated carbocycles. The molecule has 0 nitrogen and oxygen atoms in total. The first kappa shape index (κ1) is 17.7. The Kier molecular flexibility index (Phi) is 8.90. The molecule has 1 radical (unpaired) electrons. The molecule has 0 unspecified atom stereocenters. The van der Waals surface area contributed by atoms with E-state index in [0.29, 0.717) is 5.92 Å². The van der Waals surface area contributed by atoms with Crippen molar-refractivity contribution < 1.29 is 51.0 Å². The van der Waals surface area contributed by atoms with Crippen LogP contribution in [0.1, 0.15) is 25.3 Å². The topological polar surface area (TPSA) is 0 Å². The fourth-order valence-electron chi connectivity index (χ4n) is 1.50. The van der Waals surface area contributed by atoms with Crippen molar-refractivity contribution in [3.8, 4) is 0 Å². The Balaban J connectivity index is 0. The van der Waals surface area contributed by atoms with Gasteiger partial charge in [-0.25, -0.2) is 0 Å². The van der Waals surface area contributed by atoms with Crippen LogP contribution >= 0.6 is 0 Å². The van der Waals surface area contributed by atoms with E-state index >= 15 is 0 Å². The fourth-order valence-corrected chi connectivity index (χ4v) is 1.50. The molecule has 0 aliphatic heterocycles. The van der Waals surface area contributed by atoms with E-state index in [2.05, 4.69) is 50.2 Å². The molecular formula is C12H13Cl2Zr. The van der Waals surface area contributed by atoms with Crippen LogP contribution in [0.3, 0.4) is 0 Å². The zero-order chi connectivity index (χ0) is 8.55. The van der Waals surface area contributed by atoms with Gasteiger partial charge in [-0.1, -0.05) is 25.5 Å². The van der Waals surface area contributed by atoms with Gasteiger partial charge in [0.2, 0.25) is 0 Å². The van der Waals surface area contributed by atoms with Crippen LogP contribution in [-0.4, -0.2) is 0 Å². The summed E-state index contributed by atoms with van der Waals surface area (Å²) in [5, 5.41) is 2.71. The molecule has 2 aromatic rings. The van der Waals surface area contributed by atoms with E-state index in [9.17, 15) is 0 Å². The fraction of sp³-hybridized carbons (Fsp3) is 0.250. The van der Waals surface area contributed by atoms with Crippen LogP contribution in [0.2, 0.25) is 0 Å². The molecule has 0 aliphatic carbocycles. The van der Waals surface area contributed by atoms with E-state index in [-0.39, 0.29) is 51.0 Å². The average Bonchev–Trinajstić information content (AvgIpc) is 2.49. The SMILES string of the molecule is CC(C)c1ccc2cc[cH-]c2c1.[Cl-].[Cl-].[Zr+3]. The normalized spacial score (nSPS) is 9.00. The van der Waals surface area contributed by atoms with Crippen LogP contribution < -0.4 is 24.8 Å². The smallest absolute Gasteiger partial charge is 1.00 e. The molecule has 0 aliphatic rings. The third-order valence-electron chi connectivity index (χ3n) is 2.33. The van der Waals surface area contributed by atoms with Gasteiger partial charge in [-0.2, -0.15) is 12.1 Å². The van der Waals surface area contributed by atoms with Crippen molar-refractivity contribution in [2.45, 2.75) is 19.8 Å². The van der Waals surface area contributed by atoms with Crippen LogP contribution in [0.5, 0.6) is 0 Å². The minimum atomic E-state index is 0. The van der Waals surface area contributed by atoms with Gasteiger partial charge in [-0.15, -0.1) is 29.0 Å². The van der Waals surface area contributed by atoms with Gasteiger partial charge in [0, 0.05) is 0 Å². The molecule has 0 saturated heterocycles. The summed E-state index contributed by atoms with van der Waals surface area (Å²) in [4.78, 5) is 0. The summed E-state index contributed by atoms with van der Waals surface area (Å²) in [6, 6.07) is 13.1. The Morgan fingerprint density at radius 1 is 1.07 bits per heavy atom. The van der Waals surface area contributed by atoms with E-state index in [1.165, 1.54) is 16.3 Å².